The second kappa shape index (κ2) is 7.59. The zero-order valence-corrected chi connectivity index (χ0v) is 11.9. The first kappa shape index (κ1) is 16.1. The van der Waals surface area contributed by atoms with Crippen molar-refractivity contribution in [2.24, 2.45) is 0 Å². The quantitative estimate of drug-likeness (QED) is 0.433. The average Bonchev–Trinajstić information content (AvgIpc) is 2.39. The summed E-state index contributed by atoms with van der Waals surface area (Å²) in [5.41, 5.74) is 0. The molecule has 0 fully saturated rings. The number of sulfone groups is 1. The van der Waals surface area contributed by atoms with Crippen molar-refractivity contribution in [3.8, 4) is 0 Å². The minimum atomic E-state index is -3.54. The Bertz CT molecular complexity index is 575. The highest BCUT2D eigenvalue weighted by molar-refractivity contribution is 7.91. The van der Waals surface area contributed by atoms with Crippen LogP contribution in [0.4, 0.5) is 0 Å². The summed E-state index contributed by atoms with van der Waals surface area (Å²) >= 11 is 0. The summed E-state index contributed by atoms with van der Waals surface area (Å²) in [6, 6.07) is 7.94. The summed E-state index contributed by atoms with van der Waals surface area (Å²) in [7, 11) is -3.54. The van der Waals surface area contributed by atoms with E-state index in [1.165, 1.54) is 31.2 Å². The number of hydrogen-bond donors (Lipinski definition) is 0. The van der Waals surface area contributed by atoms with Crippen LogP contribution in [0.3, 0.4) is 0 Å². The highest BCUT2D eigenvalue weighted by Gasteiger charge is 2.22. The third-order valence-electron chi connectivity index (χ3n) is 2.45. The molecule has 0 aliphatic carbocycles. The predicted molar refractivity (Wildman–Crippen MR) is 73.9 cm³/mol. The Kier molecular flexibility index (Phi) is 6.11. The van der Waals surface area contributed by atoms with Gasteiger partial charge < -0.3 is 4.74 Å². The lowest BCUT2D eigenvalue weighted by Crippen LogP contribution is -2.25. The molecule has 0 spiro atoms. The topological polar surface area (TPSA) is 77.5 Å². The highest BCUT2D eigenvalue weighted by atomic mass is 32.2. The second-order valence-electron chi connectivity index (χ2n) is 4.13. The van der Waals surface area contributed by atoms with Gasteiger partial charge in [0.15, 0.2) is 9.84 Å². The molecule has 20 heavy (non-hydrogen) atoms. The molecule has 108 valence electrons. The van der Waals surface area contributed by atoms with Crippen molar-refractivity contribution < 1.29 is 22.7 Å². The number of rotatable bonds is 7. The van der Waals surface area contributed by atoms with Gasteiger partial charge in [0.2, 0.25) is 0 Å². The molecule has 0 aromatic heterocycles. The van der Waals surface area contributed by atoms with E-state index in [-0.39, 0.29) is 17.1 Å². The van der Waals surface area contributed by atoms with E-state index in [0.29, 0.717) is 6.29 Å². The number of aldehydes is 1. The molecular formula is C14H16O5S. The molecular weight excluding hydrogens is 280 g/mol. The molecule has 1 rings (SSSR count). The minimum absolute atomic E-state index is 0.171. The third-order valence-corrected chi connectivity index (χ3v) is 4.25. The number of carbonyl (C=O) groups excluding carboxylic acids is 2. The maximum atomic E-state index is 12.2. The van der Waals surface area contributed by atoms with Crippen LogP contribution in [0, 0.1) is 0 Å². The maximum absolute atomic E-state index is 12.2. The summed E-state index contributed by atoms with van der Waals surface area (Å²) in [5, 5.41) is 0. The molecule has 0 aliphatic rings. The van der Waals surface area contributed by atoms with Gasteiger partial charge in [-0.2, -0.15) is 0 Å². The fraction of sp³-hybridized carbons (Fsp3) is 0.286. The van der Waals surface area contributed by atoms with Gasteiger partial charge in [-0.15, -0.1) is 0 Å². The molecule has 0 bridgehead atoms. The zero-order valence-electron chi connectivity index (χ0n) is 11.1. The van der Waals surface area contributed by atoms with Gasteiger partial charge in [-0.25, -0.2) is 8.42 Å². The molecule has 6 heteroatoms. The standard InChI is InChI=1S/C14H16O5S/c1-12(16)19-13(7-5-6-10-15)11-20(17,18)14-8-3-2-4-9-14/h2-6,8-10,13H,7,11H2,1H3/b6-5+. The summed E-state index contributed by atoms with van der Waals surface area (Å²) in [5.74, 6) is -0.877. The third kappa shape index (κ3) is 5.36. The van der Waals surface area contributed by atoms with Gasteiger partial charge in [-0.1, -0.05) is 24.3 Å². The Morgan fingerprint density at radius 2 is 1.95 bits per heavy atom. The van der Waals surface area contributed by atoms with Crippen LogP contribution < -0.4 is 0 Å². The van der Waals surface area contributed by atoms with Gasteiger partial charge >= 0.3 is 5.97 Å². The lowest BCUT2D eigenvalue weighted by atomic mass is 10.2. The number of hydrogen-bond acceptors (Lipinski definition) is 5. The van der Waals surface area contributed by atoms with Crippen molar-refractivity contribution in [1.82, 2.24) is 0 Å². The number of ether oxygens (including phenoxy) is 1. The SMILES string of the molecule is CC(=O)OC(C/C=C/C=O)CS(=O)(=O)c1ccccc1. The molecule has 1 aromatic carbocycles. The summed E-state index contributed by atoms with van der Waals surface area (Å²) in [6.07, 6.45) is 2.65. The Balaban J connectivity index is 2.85. The van der Waals surface area contributed by atoms with Crippen molar-refractivity contribution in [2.45, 2.75) is 24.3 Å². The van der Waals surface area contributed by atoms with Crippen LogP contribution in [0.25, 0.3) is 0 Å². The molecule has 1 unspecified atom stereocenters. The van der Waals surface area contributed by atoms with E-state index >= 15 is 0 Å². The van der Waals surface area contributed by atoms with Gasteiger partial charge in [0.1, 0.15) is 12.4 Å². The molecule has 0 N–H and O–H groups in total. The molecule has 0 heterocycles. The fourth-order valence-corrected chi connectivity index (χ4v) is 3.10. The zero-order chi connectivity index (χ0) is 15.0. The van der Waals surface area contributed by atoms with Gasteiger partial charge in [0.25, 0.3) is 0 Å². The number of benzene rings is 1. The van der Waals surface area contributed by atoms with Crippen molar-refractivity contribution in [1.29, 1.82) is 0 Å². The second-order valence-corrected chi connectivity index (χ2v) is 6.16. The first-order valence-corrected chi connectivity index (χ1v) is 7.66. The highest BCUT2D eigenvalue weighted by Crippen LogP contribution is 2.14. The molecule has 0 radical (unpaired) electrons. The first-order valence-electron chi connectivity index (χ1n) is 6.01. The maximum Gasteiger partial charge on any atom is 0.302 e. The molecule has 1 atom stereocenters. The van der Waals surface area contributed by atoms with E-state index in [4.69, 9.17) is 4.74 Å². The summed E-state index contributed by atoms with van der Waals surface area (Å²) in [6.45, 7) is 1.21. The summed E-state index contributed by atoms with van der Waals surface area (Å²) < 4.78 is 29.3. The lowest BCUT2D eigenvalue weighted by Gasteiger charge is -2.15. The first-order chi connectivity index (χ1) is 9.45. The number of allylic oxidation sites excluding steroid dienone is 1. The Morgan fingerprint density at radius 1 is 1.30 bits per heavy atom. The van der Waals surface area contributed by atoms with Crippen molar-refractivity contribution in [3.05, 3.63) is 42.5 Å². The molecule has 0 saturated carbocycles. The van der Waals surface area contributed by atoms with Crippen molar-refractivity contribution in [2.75, 3.05) is 5.75 Å². The van der Waals surface area contributed by atoms with Crippen molar-refractivity contribution in [3.63, 3.8) is 0 Å². The monoisotopic (exact) mass is 296 g/mol. The average molecular weight is 296 g/mol. The van der Waals surface area contributed by atoms with Gasteiger partial charge in [0.05, 0.1) is 10.6 Å². The Hall–Kier alpha value is -1.95. The van der Waals surface area contributed by atoms with E-state index in [1.807, 2.05) is 0 Å². The van der Waals surface area contributed by atoms with E-state index in [1.54, 1.807) is 18.2 Å². The molecule has 1 aromatic rings. The van der Waals surface area contributed by atoms with E-state index in [9.17, 15) is 18.0 Å². The van der Waals surface area contributed by atoms with Crippen molar-refractivity contribution >= 4 is 22.1 Å². The van der Waals surface area contributed by atoms with E-state index in [2.05, 4.69) is 0 Å². The lowest BCUT2D eigenvalue weighted by molar-refractivity contribution is -0.145. The normalized spacial score (nSPS) is 13.1. The van der Waals surface area contributed by atoms with Crippen LogP contribution >= 0.6 is 0 Å². The van der Waals surface area contributed by atoms with E-state index < -0.39 is 21.9 Å². The fourth-order valence-electron chi connectivity index (χ4n) is 1.64. The largest absolute Gasteiger partial charge is 0.461 e. The number of carbonyl (C=O) groups is 2. The van der Waals surface area contributed by atoms with Crippen LogP contribution in [-0.2, 0) is 24.2 Å². The van der Waals surface area contributed by atoms with Gasteiger partial charge in [0, 0.05) is 13.3 Å². The van der Waals surface area contributed by atoms with Crippen LogP contribution in [0.5, 0.6) is 0 Å². The predicted octanol–water partition coefficient (Wildman–Crippen LogP) is 1.54. The number of esters is 1. The molecule has 0 aliphatic heterocycles. The minimum Gasteiger partial charge on any atom is -0.461 e. The van der Waals surface area contributed by atoms with Crippen LogP contribution in [0.15, 0.2) is 47.4 Å². The molecule has 0 saturated heterocycles. The van der Waals surface area contributed by atoms with Crippen LogP contribution in [-0.4, -0.2) is 32.5 Å². The summed E-state index contributed by atoms with van der Waals surface area (Å²) in [4.78, 5) is 21.4. The van der Waals surface area contributed by atoms with Crippen LogP contribution in [0.1, 0.15) is 13.3 Å². The molecule has 0 amide bonds. The Labute approximate surface area is 118 Å². The van der Waals surface area contributed by atoms with E-state index in [0.717, 1.165) is 0 Å². The Morgan fingerprint density at radius 3 is 2.50 bits per heavy atom. The smallest absolute Gasteiger partial charge is 0.302 e. The van der Waals surface area contributed by atoms with Crippen LogP contribution in [0.2, 0.25) is 0 Å². The van der Waals surface area contributed by atoms with Gasteiger partial charge in [-0.3, -0.25) is 9.59 Å². The molecule has 5 nitrogen and oxygen atoms in total. The van der Waals surface area contributed by atoms with Gasteiger partial charge in [-0.05, 0) is 18.2 Å².